The van der Waals surface area contributed by atoms with Crippen LogP contribution in [0.3, 0.4) is 0 Å². The Kier molecular flexibility index (Phi) is 3.80. The Morgan fingerprint density at radius 2 is 2.16 bits per heavy atom. The van der Waals surface area contributed by atoms with Crippen LogP contribution in [0.1, 0.15) is 6.42 Å². The number of nitrogens with zero attached hydrogens (tertiary/aromatic N) is 1. The maximum absolute atomic E-state index is 13.8. The normalized spacial score (nSPS) is 20.6. The molecule has 19 heavy (non-hydrogen) atoms. The molecule has 2 rings (SSSR count). The molecule has 0 aromatic heterocycles. The van der Waals surface area contributed by atoms with Gasteiger partial charge >= 0.3 is 5.97 Å². The summed E-state index contributed by atoms with van der Waals surface area (Å²) in [5.74, 6) is -2.82. The van der Waals surface area contributed by atoms with Crippen LogP contribution in [0.15, 0.2) is 23.1 Å². The third-order valence-electron chi connectivity index (χ3n) is 3.03. The van der Waals surface area contributed by atoms with E-state index in [4.69, 9.17) is 16.7 Å². The molecule has 0 saturated carbocycles. The summed E-state index contributed by atoms with van der Waals surface area (Å²) in [7, 11) is -4.05. The second kappa shape index (κ2) is 5.07. The number of halogens is 2. The summed E-state index contributed by atoms with van der Waals surface area (Å²) >= 11 is 5.55. The molecule has 0 radical (unpaired) electrons. The van der Waals surface area contributed by atoms with Crippen molar-refractivity contribution in [3.05, 3.63) is 29.0 Å². The number of rotatable bonds is 3. The molecule has 0 aliphatic carbocycles. The Morgan fingerprint density at radius 1 is 1.47 bits per heavy atom. The second-order valence-electron chi connectivity index (χ2n) is 4.24. The third-order valence-corrected chi connectivity index (χ3v) is 5.21. The topological polar surface area (TPSA) is 74.7 Å². The zero-order chi connectivity index (χ0) is 14.2. The second-order valence-corrected chi connectivity index (χ2v) is 6.55. The lowest BCUT2D eigenvalue weighted by atomic mass is 10.1. The number of hydrogen-bond donors (Lipinski definition) is 1. The largest absolute Gasteiger partial charge is 0.481 e. The summed E-state index contributed by atoms with van der Waals surface area (Å²) in [6.07, 6.45) is 0.219. The number of aliphatic carboxylic acids is 1. The van der Waals surface area contributed by atoms with E-state index in [0.29, 0.717) is 0 Å². The first kappa shape index (κ1) is 14.2. The molecule has 0 unspecified atom stereocenters. The van der Waals surface area contributed by atoms with Crippen molar-refractivity contribution in [2.75, 3.05) is 13.1 Å². The van der Waals surface area contributed by atoms with Crippen LogP contribution < -0.4 is 0 Å². The van der Waals surface area contributed by atoms with Gasteiger partial charge in [0.1, 0.15) is 4.90 Å². The van der Waals surface area contributed by atoms with Gasteiger partial charge in [-0.3, -0.25) is 4.79 Å². The van der Waals surface area contributed by atoms with Crippen molar-refractivity contribution in [3.63, 3.8) is 0 Å². The van der Waals surface area contributed by atoms with Crippen molar-refractivity contribution >= 4 is 27.6 Å². The highest BCUT2D eigenvalue weighted by Gasteiger charge is 2.37. The lowest BCUT2D eigenvalue weighted by Gasteiger charge is -2.16. The van der Waals surface area contributed by atoms with E-state index < -0.39 is 32.6 Å². The SMILES string of the molecule is O=C(O)[C@@H]1CCN(S(=O)(=O)c2cccc(Cl)c2F)C1. The Labute approximate surface area is 114 Å². The van der Waals surface area contributed by atoms with Crippen LogP contribution in [0.25, 0.3) is 0 Å². The van der Waals surface area contributed by atoms with Gasteiger partial charge in [-0.1, -0.05) is 17.7 Å². The fourth-order valence-electron chi connectivity index (χ4n) is 1.97. The number of carboxylic acid groups (broad SMARTS) is 1. The highest BCUT2D eigenvalue weighted by atomic mass is 35.5. The van der Waals surface area contributed by atoms with Gasteiger partial charge < -0.3 is 5.11 Å². The first-order chi connectivity index (χ1) is 8.84. The first-order valence-corrected chi connectivity index (χ1v) is 7.33. The summed E-state index contributed by atoms with van der Waals surface area (Å²) < 4.78 is 39.1. The molecular weight excluding hydrogens is 297 g/mol. The van der Waals surface area contributed by atoms with Crippen molar-refractivity contribution in [3.8, 4) is 0 Å². The zero-order valence-corrected chi connectivity index (χ0v) is 11.3. The minimum Gasteiger partial charge on any atom is -0.481 e. The number of hydrogen-bond acceptors (Lipinski definition) is 3. The van der Waals surface area contributed by atoms with Gasteiger partial charge in [0.2, 0.25) is 10.0 Å². The Morgan fingerprint density at radius 3 is 2.74 bits per heavy atom. The van der Waals surface area contributed by atoms with E-state index in [1.165, 1.54) is 12.1 Å². The summed E-state index contributed by atoms with van der Waals surface area (Å²) in [5, 5.41) is 8.57. The molecule has 1 fully saturated rings. The minimum absolute atomic E-state index is 0.0608. The highest BCUT2D eigenvalue weighted by molar-refractivity contribution is 7.89. The van der Waals surface area contributed by atoms with Crippen LogP contribution in [0.4, 0.5) is 4.39 Å². The summed E-state index contributed by atoms with van der Waals surface area (Å²) in [6.45, 7) is -0.0884. The molecule has 1 aromatic rings. The molecule has 0 spiro atoms. The highest BCUT2D eigenvalue weighted by Crippen LogP contribution is 2.28. The van der Waals surface area contributed by atoms with Crippen LogP contribution in [0.2, 0.25) is 5.02 Å². The number of benzene rings is 1. The molecule has 1 aliphatic heterocycles. The van der Waals surface area contributed by atoms with Crippen LogP contribution in [-0.4, -0.2) is 36.9 Å². The lowest BCUT2D eigenvalue weighted by Crippen LogP contribution is -2.30. The number of sulfonamides is 1. The van der Waals surface area contributed by atoms with Gasteiger partial charge in [-0.2, -0.15) is 4.31 Å². The van der Waals surface area contributed by atoms with Crippen LogP contribution in [0, 0.1) is 11.7 Å². The third kappa shape index (κ3) is 2.58. The molecule has 8 heteroatoms. The molecule has 0 amide bonds. The van der Waals surface area contributed by atoms with E-state index in [2.05, 4.69) is 0 Å². The first-order valence-electron chi connectivity index (χ1n) is 5.51. The molecule has 1 saturated heterocycles. The lowest BCUT2D eigenvalue weighted by molar-refractivity contribution is -0.141. The van der Waals surface area contributed by atoms with Crippen LogP contribution in [-0.2, 0) is 14.8 Å². The van der Waals surface area contributed by atoms with Gasteiger partial charge in [-0.25, -0.2) is 12.8 Å². The summed E-state index contributed by atoms with van der Waals surface area (Å²) in [5.41, 5.74) is 0. The van der Waals surface area contributed by atoms with E-state index in [9.17, 15) is 17.6 Å². The summed E-state index contributed by atoms with van der Waals surface area (Å²) in [4.78, 5) is 10.3. The minimum atomic E-state index is -4.05. The predicted molar refractivity (Wildman–Crippen MR) is 65.9 cm³/mol. The van der Waals surface area contributed by atoms with E-state index in [-0.39, 0.29) is 24.5 Å². The molecule has 0 bridgehead atoms. The fourth-order valence-corrected chi connectivity index (χ4v) is 3.79. The number of carboxylic acids is 1. The van der Waals surface area contributed by atoms with Crippen molar-refractivity contribution in [1.29, 1.82) is 0 Å². The van der Waals surface area contributed by atoms with Crippen molar-refractivity contribution < 1.29 is 22.7 Å². The molecule has 1 heterocycles. The van der Waals surface area contributed by atoms with E-state index in [1.807, 2.05) is 0 Å². The smallest absolute Gasteiger partial charge is 0.307 e. The maximum atomic E-state index is 13.8. The molecule has 1 atom stereocenters. The van der Waals surface area contributed by atoms with Crippen molar-refractivity contribution in [1.82, 2.24) is 4.31 Å². The van der Waals surface area contributed by atoms with Gasteiger partial charge in [-0.05, 0) is 18.6 Å². The Balaban J connectivity index is 2.34. The average Bonchev–Trinajstić information content (AvgIpc) is 2.82. The molecular formula is C11H11ClFNO4S. The monoisotopic (exact) mass is 307 g/mol. The van der Waals surface area contributed by atoms with Crippen molar-refractivity contribution in [2.24, 2.45) is 5.92 Å². The Bertz CT molecular complexity index is 619. The molecule has 1 N–H and O–H groups in total. The van der Waals surface area contributed by atoms with Gasteiger partial charge in [-0.15, -0.1) is 0 Å². The van der Waals surface area contributed by atoms with E-state index in [1.54, 1.807) is 0 Å². The fraction of sp³-hybridized carbons (Fsp3) is 0.364. The zero-order valence-electron chi connectivity index (χ0n) is 9.71. The van der Waals surface area contributed by atoms with Crippen LogP contribution in [0.5, 0.6) is 0 Å². The number of carbonyl (C=O) groups is 1. The van der Waals surface area contributed by atoms with Gasteiger partial charge in [0.05, 0.1) is 10.9 Å². The standard InChI is InChI=1S/C11H11ClFNO4S/c12-8-2-1-3-9(10(8)13)19(17,18)14-5-4-7(6-14)11(15)16/h1-3,7H,4-6H2,(H,15,16)/t7-/m1/s1. The molecule has 1 aromatic carbocycles. The maximum Gasteiger partial charge on any atom is 0.307 e. The van der Waals surface area contributed by atoms with Gasteiger partial charge in [0, 0.05) is 13.1 Å². The average molecular weight is 308 g/mol. The van der Waals surface area contributed by atoms with E-state index >= 15 is 0 Å². The molecule has 104 valence electrons. The van der Waals surface area contributed by atoms with Crippen molar-refractivity contribution in [2.45, 2.75) is 11.3 Å². The van der Waals surface area contributed by atoms with E-state index in [0.717, 1.165) is 10.4 Å². The Hall–Kier alpha value is -1.18. The molecule has 1 aliphatic rings. The van der Waals surface area contributed by atoms with Gasteiger partial charge in [0.15, 0.2) is 5.82 Å². The van der Waals surface area contributed by atoms with Gasteiger partial charge in [0.25, 0.3) is 0 Å². The molecule has 5 nitrogen and oxygen atoms in total. The quantitative estimate of drug-likeness (QED) is 0.920. The van der Waals surface area contributed by atoms with Crippen LogP contribution >= 0.6 is 11.6 Å². The predicted octanol–water partition coefficient (Wildman–Crippen LogP) is 1.57. The summed E-state index contributed by atoms with van der Waals surface area (Å²) in [6, 6.07) is 3.70.